The fourth-order valence-corrected chi connectivity index (χ4v) is 9.03. The van der Waals surface area contributed by atoms with E-state index in [9.17, 15) is 21.6 Å². The summed E-state index contributed by atoms with van der Waals surface area (Å²) in [7, 11) is -7.16. The van der Waals surface area contributed by atoms with Crippen LogP contribution < -0.4 is 9.08 Å². The maximum Gasteiger partial charge on any atom is 0.357 e. The number of anilines is 1. The molecule has 0 saturated carbocycles. The molecule has 1 fully saturated rings. The number of rotatable bonds is 10. The summed E-state index contributed by atoms with van der Waals surface area (Å²) in [5, 5.41) is 2.57. The smallest absolute Gasteiger partial charge is 0.357 e. The molecule has 0 radical (unpaired) electrons. The van der Waals surface area contributed by atoms with Crippen LogP contribution in [0.15, 0.2) is 132 Å². The van der Waals surface area contributed by atoms with Crippen molar-refractivity contribution in [2.24, 2.45) is 0 Å². The van der Waals surface area contributed by atoms with Crippen molar-refractivity contribution in [3.8, 4) is 5.75 Å². The van der Waals surface area contributed by atoms with Gasteiger partial charge in [-0.2, -0.15) is 12.7 Å². The van der Waals surface area contributed by atoms with E-state index in [4.69, 9.17) is 15.8 Å². The number of amides is 1. The minimum atomic E-state index is -4.29. The topological polar surface area (TPSA) is 130 Å². The van der Waals surface area contributed by atoms with Crippen molar-refractivity contribution in [3.05, 3.63) is 132 Å². The molecule has 1 unspecified atom stereocenters. The summed E-state index contributed by atoms with van der Waals surface area (Å²) in [4.78, 5) is 26.5. The number of hydrogen-bond donors (Lipinski definition) is 0. The fraction of sp³-hybridized carbons (Fsp3) is 0.184. The number of benzene rings is 4. The molecule has 0 N–H and O–H groups in total. The summed E-state index contributed by atoms with van der Waals surface area (Å²) in [6.45, 7) is 1.86. The van der Waals surface area contributed by atoms with Crippen molar-refractivity contribution < 1.29 is 25.8 Å². The van der Waals surface area contributed by atoms with Crippen LogP contribution in [0.2, 0.25) is 5.02 Å². The molecule has 1 aliphatic rings. The first kappa shape index (κ1) is 35.3. The molecule has 4 aromatic carbocycles. The van der Waals surface area contributed by atoms with Crippen molar-refractivity contribution >= 4 is 64.9 Å². The Hall–Kier alpha value is -5.08. The zero-order valence-corrected chi connectivity index (χ0v) is 30.4. The second-order valence-corrected chi connectivity index (χ2v) is 16.2. The SMILES string of the molecule is CN(C(Cc1ccc(OS(=O)(=O)c2nccc3ccccc23)cc1)C(=O)N1CCN(c2ccc(Cl)cc2)CC1)S(=O)(=O)c1nccc2ccccc12. The quantitative estimate of drug-likeness (QED) is 0.160. The van der Waals surface area contributed by atoms with Crippen LogP contribution in [-0.4, -0.2) is 81.2 Å². The molecule has 52 heavy (non-hydrogen) atoms. The molecule has 266 valence electrons. The van der Waals surface area contributed by atoms with Crippen LogP contribution in [0.3, 0.4) is 0 Å². The van der Waals surface area contributed by atoms with Crippen molar-refractivity contribution in [1.82, 2.24) is 19.2 Å². The van der Waals surface area contributed by atoms with E-state index in [1.807, 2.05) is 30.3 Å². The second-order valence-electron chi connectivity index (χ2n) is 12.4. The Morgan fingerprint density at radius 3 is 1.92 bits per heavy atom. The van der Waals surface area contributed by atoms with Crippen LogP contribution in [0.4, 0.5) is 5.69 Å². The number of aromatic nitrogens is 2. The van der Waals surface area contributed by atoms with Crippen LogP contribution in [0, 0.1) is 0 Å². The number of carbonyl (C=O) groups is 1. The Morgan fingerprint density at radius 1 is 0.750 bits per heavy atom. The van der Waals surface area contributed by atoms with Gasteiger partial charge in [-0.15, -0.1) is 0 Å². The number of piperazine rings is 1. The molecule has 1 amide bonds. The van der Waals surface area contributed by atoms with E-state index in [2.05, 4.69) is 14.9 Å². The van der Waals surface area contributed by atoms with Crippen LogP contribution in [-0.2, 0) is 31.4 Å². The van der Waals surface area contributed by atoms with Crippen molar-refractivity contribution in [1.29, 1.82) is 0 Å². The third-order valence-electron chi connectivity index (χ3n) is 9.20. The molecule has 0 bridgehead atoms. The van der Waals surface area contributed by atoms with Gasteiger partial charge >= 0.3 is 10.1 Å². The highest BCUT2D eigenvalue weighted by Crippen LogP contribution is 2.28. The van der Waals surface area contributed by atoms with Crippen molar-refractivity contribution in [2.45, 2.75) is 22.5 Å². The highest BCUT2D eigenvalue weighted by molar-refractivity contribution is 7.89. The number of likely N-dealkylation sites (N-methyl/N-ethyl adjacent to an activating group) is 1. The normalized spacial score (nSPS) is 14.5. The molecule has 1 atom stereocenters. The second kappa shape index (κ2) is 14.5. The van der Waals surface area contributed by atoms with Gasteiger partial charge in [-0.05, 0) is 71.3 Å². The van der Waals surface area contributed by atoms with Crippen LogP contribution in [0.1, 0.15) is 5.56 Å². The van der Waals surface area contributed by atoms with E-state index in [1.54, 1.807) is 71.6 Å². The number of fused-ring (bicyclic) bond motifs is 2. The lowest BCUT2D eigenvalue weighted by Crippen LogP contribution is -2.56. The van der Waals surface area contributed by atoms with Crippen LogP contribution >= 0.6 is 11.6 Å². The maximum absolute atomic E-state index is 14.3. The highest BCUT2D eigenvalue weighted by atomic mass is 35.5. The number of carbonyl (C=O) groups excluding carboxylic acids is 1. The molecule has 0 aliphatic carbocycles. The zero-order chi connectivity index (χ0) is 36.5. The first-order valence-corrected chi connectivity index (χ1v) is 19.7. The van der Waals surface area contributed by atoms with Gasteiger partial charge in [0.2, 0.25) is 10.9 Å². The summed E-state index contributed by atoms with van der Waals surface area (Å²) in [6.07, 6.45) is 2.86. The lowest BCUT2D eigenvalue weighted by molar-refractivity contribution is -0.135. The third kappa shape index (κ3) is 7.17. The Kier molecular flexibility index (Phi) is 9.86. The van der Waals surface area contributed by atoms with Gasteiger partial charge in [0.05, 0.1) is 0 Å². The Morgan fingerprint density at radius 2 is 1.31 bits per heavy atom. The van der Waals surface area contributed by atoms with E-state index in [-0.39, 0.29) is 28.1 Å². The fourth-order valence-electron chi connectivity index (χ4n) is 6.38. The number of sulfonamides is 1. The van der Waals surface area contributed by atoms with Gasteiger partial charge in [0.25, 0.3) is 10.0 Å². The zero-order valence-electron chi connectivity index (χ0n) is 28.0. The van der Waals surface area contributed by atoms with Gasteiger partial charge in [0.1, 0.15) is 11.8 Å². The third-order valence-corrected chi connectivity index (χ3v) is 12.5. The molecule has 1 saturated heterocycles. The average molecular weight is 756 g/mol. The number of nitrogens with zero attached hydrogens (tertiary/aromatic N) is 5. The van der Waals surface area contributed by atoms with Crippen molar-refractivity contribution in [2.75, 3.05) is 38.1 Å². The van der Waals surface area contributed by atoms with Gasteiger partial charge in [-0.3, -0.25) is 4.79 Å². The molecule has 14 heteroatoms. The molecule has 1 aliphatic heterocycles. The molecular weight excluding hydrogens is 722 g/mol. The Labute approximate surface area is 307 Å². The molecule has 3 heterocycles. The molecule has 6 aromatic rings. The first-order valence-electron chi connectivity index (χ1n) is 16.5. The monoisotopic (exact) mass is 755 g/mol. The van der Waals surface area contributed by atoms with Gasteiger partial charge < -0.3 is 14.0 Å². The average Bonchev–Trinajstić information content (AvgIpc) is 3.17. The van der Waals surface area contributed by atoms with E-state index in [0.29, 0.717) is 58.3 Å². The molecule has 7 rings (SSSR count). The maximum atomic E-state index is 14.3. The molecular formula is C38H34ClN5O6S2. The summed E-state index contributed by atoms with van der Waals surface area (Å²) in [5.74, 6) is -0.312. The van der Waals surface area contributed by atoms with E-state index >= 15 is 0 Å². The number of pyridine rings is 2. The largest absolute Gasteiger partial charge is 0.378 e. The predicted octanol–water partition coefficient (Wildman–Crippen LogP) is 5.78. The van der Waals surface area contributed by atoms with Crippen LogP contribution in [0.25, 0.3) is 21.5 Å². The summed E-state index contributed by atoms with van der Waals surface area (Å²) in [5.41, 5.74) is 1.58. The van der Waals surface area contributed by atoms with E-state index in [1.165, 1.54) is 31.6 Å². The Bertz CT molecular complexity index is 2460. The number of hydrogen-bond acceptors (Lipinski definition) is 9. The minimum absolute atomic E-state index is 0.00857. The van der Waals surface area contributed by atoms with Gasteiger partial charge in [-0.1, -0.05) is 72.3 Å². The number of halogens is 1. The predicted molar refractivity (Wildman–Crippen MR) is 200 cm³/mol. The van der Waals surface area contributed by atoms with E-state index < -0.39 is 26.2 Å². The van der Waals surface area contributed by atoms with Crippen LogP contribution in [0.5, 0.6) is 5.75 Å². The van der Waals surface area contributed by atoms with Gasteiger partial charge in [-0.25, -0.2) is 18.4 Å². The van der Waals surface area contributed by atoms with Crippen molar-refractivity contribution in [3.63, 3.8) is 0 Å². The first-order chi connectivity index (χ1) is 25.0. The lowest BCUT2D eigenvalue weighted by atomic mass is 10.0. The standard InChI is InChI=1S/C38H34ClN5O6S2/c1-42(51(46,47)36-33-8-4-2-6-28(33)18-20-40-36)35(38(45)44-24-22-43(23-25-44)31-14-12-30(39)13-15-31)26-27-10-16-32(17-11-27)50-52(48,49)37-34-9-5-3-7-29(34)19-21-41-37/h2-21,35H,22-26H2,1H3. The van der Waals surface area contributed by atoms with Gasteiger partial charge in [0.15, 0.2) is 5.03 Å². The molecule has 2 aromatic heterocycles. The lowest BCUT2D eigenvalue weighted by Gasteiger charge is -2.39. The molecule has 0 spiro atoms. The summed E-state index contributed by atoms with van der Waals surface area (Å²) >= 11 is 6.08. The Balaban J connectivity index is 1.15. The minimum Gasteiger partial charge on any atom is -0.378 e. The highest BCUT2D eigenvalue weighted by Gasteiger charge is 2.38. The summed E-state index contributed by atoms with van der Waals surface area (Å²) in [6, 6.07) is 30.0. The van der Waals surface area contributed by atoms with E-state index in [0.717, 1.165) is 9.99 Å². The summed E-state index contributed by atoms with van der Waals surface area (Å²) < 4.78 is 61.6. The molecule has 11 nitrogen and oxygen atoms in total. The van der Waals surface area contributed by atoms with Gasteiger partial charge in [0, 0.05) is 67.1 Å².